The second kappa shape index (κ2) is 4.34. The largest absolute Gasteiger partial charge is 0.325 e. The lowest BCUT2D eigenvalue weighted by Gasteiger charge is -2.05. The van der Waals surface area contributed by atoms with E-state index in [2.05, 4.69) is 5.10 Å². The second-order valence-electron chi connectivity index (χ2n) is 3.68. The Bertz CT molecular complexity index is 562. The first-order chi connectivity index (χ1) is 8.11. The van der Waals surface area contributed by atoms with E-state index in [4.69, 9.17) is 5.73 Å². The monoisotopic (exact) mass is 232 g/mol. The van der Waals surface area contributed by atoms with Gasteiger partial charge >= 0.3 is 0 Å². The Morgan fingerprint density at radius 1 is 1.47 bits per heavy atom. The summed E-state index contributed by atoms with van der Waals surface area (Å²) in [6.07, 6.45) is 1.74. The topological polar surface area (TPSA) is 87.0 Å². The Kier molecular flexibility index (Phi) is 2.88. The Morgan fingerprint density at radius 3 is 2.82 bits per heavy atom. The number of nitrogens with zero attached hydrogens (tertiary/aromatic N) is 3. The van der Waals surface area contributed by atoms with E-state index in [9.17, 15) is 10.1 Å². The molecule has 0 amide bonds. The van der Waals surface area contributed by atoms with Gasteiger partial charge in [0.05, 0.1) is 16.3 Å². The molecule has 2 aromatic rings. The molecule has 0 fully saturated rings. The van der Waals surface area contributed by atoms with Gasteiger partial charge < -0.3 is 5.73 Å². The highest BCUT2D eigenvalue weighted by molar-refractivity contribution is 5.48. The van der Waals surface area contributed by atoms with E-state index in [-0.39, 0.29) is 5.69 Å². The van der Waals surface area contributed by atoms with E-state index in [0.717, 1.165) is 11.3 Å². The Balaban J connectivity index is 2.49. The molecule has 88 valence electrons. The van der Waals surface area contributed by atoms with E-state index >= 15 is 0 Å². The summed E-state index contributed by atoms with van der Waals surface area (Å²) < 4.78 is 1.60. The molecule has 6 heteroatoms. The molecule has 0 radical (unpaired) electrons. The number of non-ortho nitro benzene ring substituents is 1. The van der Waals surface area contributed by atoms with Gasteiger partial charge in [0.25, 0.3) is 5.69 Å². The van der Waals surface area contributed by atoms with Crippen molar-refractivity contribution in [2.24, 2.45) is 5.73 Å². The maximum absolute atomic E-state index is 10.7. The van der Waals surface area contributed by atoms with Crippen LogP contribution < -0.4 is 5.73 Å². The highest BCUT2D eigenvalue weighted by Crippen LogP contribution is 2.20. The highest BCUT2D eigenvalue weighted by atomic mass is 16.6. The lowest BCUT2D eigenvalue weighted by Crippen LogP contribution is -2.02. The fourth-order valence-corrected chi connectivity index (χ4v) is 1.56. The highest BCUT2D eigenvalue weighted by Gasteiger charge is 2.10. The van der Waals surface area contributed by atoms with Crippen molar-refractivity contribution in [3.8, 4) is 5.69 Å². The average Bonchev–Trinajstić information content (AvgIpc) is 2.77. The van der Waals surface area contributed by atoms with Crippen LogP contribution in [0.1, 0.15) is 11.3 Å². The zero-order valence-electron chi connectivity index (χ0n) is 9.33. The van der Waals surface area contributed by atoms with Crippen molar-refractivity contribution in [1.82, 2.24) is 9.78 Å². The molecule has 0 aliphatic rings. The van der Waals surface area contributed by atoms with Crippen molar-refractivity contribution in [2.45, 2.75) is 13.5 Å². The first-order valence-corrected chi connectivity index (χ1v) is 5.12. The first-order valence-electron chi connectivity index (χ1n) is 5.12. The van der Waals surface area contributed by atoms with Crippen molar-refractivity contribution < 1.29 is 4.92 Å². The zero-order chi connectivity index (χ0) is 12.4. The van der Waals surface area contributed by atoms with Crippen LogP contribution in [0.3, 0.4) is 0 Å². The standard InChI is InChI=1S/C11H12N4O2/c1-8-2-3-10(15(16)17)6-11(8)14-5-4-9(7-12)13-14/h2-6H,7,12H2,1H3. The number of hydrogen-bond donors (Lipinski definition) is 1. The summed E-state index contributed by atoms with van der Waals surface area (Å²) in [6, 6.07) is 6.48. The van der Waals surface area contributed by atoms with Crippen molar-refractivity contribution >= 4 is 5.69 Å². The third-order valence-electron chi connectivity index (χ3n) is 2.50. The summed E-state index contributed by atoms with van der Waals surface area (Å²) in [6.45, 7) is 2.23. The first kappa shape index (κ1) is 11.3. The number of nitro benzene ring substituents is 1. The Hall–Kier alpha value is -2.21. The summed E-state index contributed by atoms with van der Waals surface area (Å²) in [7, 11) is 0. The fraction of sp³-hybridized carbons (Fsp3) is 0.182. The van der Waals surface area contributed by atoms with Crippen molar-refractivity contribution in [1.29, 1.82) is 0 Å². The SMILES string of the molecule is Cc1ccc([N+](=O)[O-])cc1-n1ccc(CN)n1. The van der Waals surface area contributed by atoms with Crippen LogP contribution in [0.4, 0.5) is 5.69 Å². The molecule has 1 heterocycles. The molecule has 2 rings (SSSR count). The van der Waals surface area contributed by atoms with E-state index in [0.29, 0.717) is 12.2 Å². The molecule has 1 aromatic heterocycles. The molecule has 0 saturated heterocycles. The molecule has 6 nitrogen and oxygen atoms in total. The van der Waals surface area contributed by atoms with Gasteiger partial charge in [0, 0.05) is 24.9 Å². The number of aromatic nitrogens is 2. The normalized spacial score (nSPS) is 10.5. The van der Waals surface area contributed by atoms with Gasteiger partial charge in [-0.15, -0.1) is 0 Å². The lowest BCUT2D eigenvalue weighted by molar-refractivity contribution is -0.384. The molecule has 0 spiro atoms. The van der Waals surface area contributed by atoms with Crippen LogP contribution in [0.2, 0.25) is 0 Å². The number of nitrogens with two attached hydrogens (primary N) is 1. The van der Waals surface area contributed by atoms with Gasteiger partial charge in [0.15, 0.2) is 0 Å². The number of aryl methyl sites for hydroxylation is 1. The average molecular weight is 232 g/mol. The van der Waals surface area contributed by atoms with Crippen LogP contribution in [0.5, 0.6) is 0 Å². The molecule has 0 saturated carbocycles. The summed E-state index contributed by atoms with van der Waals surface area (Å²) in [5, 5.41) is 14.9. The molecule has 17 heavy (non-hydrogen) atoms. The lowest BCUT2D eigenvalue weighted by atomic mass is 10.2. The van der Waals surface area contributed by atoms with E-state index in [1.807, 2.05) is 6.92 Å². The number of rotatable bonds is 3. The van der Waals surface area contributed by atoms with Gasteiger partial charge in [-0.25, -0.2) is 4.68 Å². The predicted molar refractivity (Wildman–Crippen MR) is 62.8 cm³/mol. The summed E-state index contributed by atoms with van der Waals surface area (Å²) in [4.78, 5) is 10.3. The number of hydrogen-bond acceptors (Lipinski definition) is 4. The maximum Gasteiger partial charge on any atom is 0.271 e. The van der Waals surface area contributed by atoms with Gasteiger partial charge in [0.2, 0.25) is 0 Å². The summed E-state index contributed by atoms with van der Waals surface area (Å²) in [5.41, 5.74) is 7.88. The smallest absolute Gasteiger partial charge is 0.271 e. The van der Waals surface area contributed by atoms with Gasteiger partial charge in [-0.2, -0.15) is 5.10 Å². The van der Waals surface area contributed by atoms with Gasteiger partial charge in [-0.1, -0.05) is 6.07 Å². The van der Waals surface area contributed by atoms with E-state index in [1.54, 1.807) is 23.0 Å². The third-order valence-corrected chi connectivity index (χ3v) is 2.50. The summed E-state index contributed by atoms with van der Waals surface area (Å²) >= 11 is 0. The van der Waals surface area contributed by atoms with Crippen LogP contribution in [-0.4, -0.2) is 14.7 Å². The minimum Gasteiger partial charge on any atom is -0.325 e. The van der Waals surface area contributed by atoms with Gasteiger partial charge in [0.1, 0.15) is 0 Å². The second-order valence-corrected chi connectivity index (χ2v) is 3.68. The van der Waals surface area contributed by atoms with Gasteiger partial charge in [-0.3, -0.25) is 10.1 Å². The van der Waals surface area contributed by atoms with Crippen LogP contribution in [0, 0.1) is 17.0 Å². The molecule has 1 aromatic carbocycles. The van der Waals surface area contributed by atoms with Crippen LogP contribution >= 0.6 is 0 Å². The van der Waals surface area contributed by atoms with Crippen LogP contribution in [0.25, 0.3) is 5.69 Å². The molecular formula is C11H12N4O2. The zero-order valence-corrected chi connectivity index (χ0v) is 9.33. The Labute approximate surface area is 97.8 Å². The Morgan fingerprint density at radius 2 is 2.24 bits per heavy atom. The molecular weight excluding hydrogens is 220 g/mol. The molecule has 0 bridgehead atoms. The number of benzene rings is 1. The third kappa shape index (κ3) is 2.16. The quantitative estimate of drug-likeness (QED) is 0.642. The number of nitro groups is 1. The fourth-order valence-electron chi connectivity index (χ4n) is 1.56. The minimum atomic E-state index is -0.420. The minimum absolute atomic E-state index is 0.0513. The van der Waals surface area contributed by atoms with E-state index in [1.165, 1.54) is 12.1 Å². The van der Waals surface area contributed by atoms with Crippen molar-refractivity contribution in [3.05, 3.63) is 51.8 Å². The molecule has 0 aliphatic carbocycles. The van der Waals surface area contributed by atoms with Crippen LogP contribution in [-0.2, 0) is 6.54 Å². The molecule has 0 aliphatic heterocycles. The summed E-state index contributed by atoms with van der Waals surface area (Å²) in [5.74, 6) is 0. The van der Waals surface area contributed by atoms with Crippen molar-refractivity contribution in [3.63, 3.8) is 0 Å². The van der Waals surface area contributed by atoms with E-state index < -0.39 is 4.92 Å². The molecule has 0 atom stereocenters. The molecule has 0 unspecified atom stereocenters. The van der Waals surface area contributed by atoms with Crippen molar-refractivity contribution in [2.75, 3.05) is 0 Å². The van der Waals surface area contributed by atoms with Gasteiger partial charge in [-0.05, 0) is 18.6 Å². The predicted octanol–water partition coefficient (Wildman–Crippen LogP) is 1.55. The molecule has 2 N–H and O–H groups in total. The van der Waals surface area contributed by atoms with Crippen LogP contribution in [0.15, 0.2) is 30.5 Å². The maximum atomic E-state index is 10.7.